The maximum absolute atomic E-state index is 12.3. The maximum atomic E-state index is 12.3. The Kier molecular flexibility index (Phi) is 4.96. The van der Waals surface area contributed by atoms with E-state index in [1.165, 1.54) is 0 Å². The van der Waals surface area contributed by atoms with Crippen LogP contribution in [0.25, 0.3) is 0 Å². The smallest absolute Gasteiger partial charge is 0.287 e. The van der Waals surface area contributed by atoms with E-state index in [1.807, 2.05) is 20.8 Å². The molecule has 0 bridgehead atoms. The van der Waals surface area contributed by atoms with E-state index in [1.54, 1.807) is 16.8 Å². The molecule has 3 heterocycles. The standard InChI is InChI=1S/C17H22ClN3O3/c1-10(14-5-4-8-23-14)19-17(22)15-7-6-13(24-15)9-21-12(3)16(18)11(2)20-21/h6-7,10,14H,4-5,8-9H2,1-3H3,(H,19,22)/t10-,14-/m1/s1. The highest BCUT2D eigenvalue weighted by Crippen LogP contribution is 2.21. The molecule has 6 nitrogen and oxygen atoms in total. The molecule has 0 radical (unpaired) electrons. The Morgan fingerprint density at radius 2 is 2.29 bits per heavy atom. The molecule has 1 amide bonds. The molecule has 0 unspecified atom stereocenters. The fourth-order valence-electron chi connectivity index (χ4n) is 2.93. The summed E-state index contributed by atoms with van der Waals surface area (Å²) in [5.41, 5.74) is 1.66. The highest BCUT2D eigenvalue weighted by atomic mass is 35.5. The monoisotopic (exact) mass is 351 g/mol. The number of nitrogens with zero attached hydrogens (tertiary/aromatic N) is 2. The molecular weight excluding hydrogens is 330 g/mol. The second-order valence-corrected chi connectivity index (χ2v) is 6.60. The van der Waals surface area contributed by atoms with Crippen LogP contribution in [0.2, 0.25) is 5.02 Å². The van der Waals surface area contributed by atoms with Gasteiger partial charge in [0.1, 0.15) is 5.76 Å². The lowest BCUT2D eigenvalue weighted by Crippen LogP contribution is -2.40. The van der Waals surface area contributed by atoms with Crippen molar-refractivity contribution < 1.29 is 13.9 Å². The first-order chi connectivity index (χ1) is 11.5. The van der Waals surface area contributed by atoms with Gasteiger partial charge in [0.15, 0.2) is 5.76 Å². The van der Waals surface area contributed by atoms with Crippen molar-refractivity contribution in [3.8, 4) is 0 Å². The van der Waals surface area contributed by atoms with E-state index in [0.29, 0.717) is 23.1 Å². The first kappa shape index (κ1) is 17.0. The van der Waals surface area contributed by atoms with E-state index >= 15 is 0 Å². The summed E-state index contributed by atoms with van der Waals surface area (Å²) in [6.07, 6.45) is 2.10. The number of aryl methyl sites for hydroxylation is 1. The first-order valence-corrected chi connectivity index (χ1v) is 8.54. The molecule has 0 aromatic carbocycles. The molecule has 24 heavy (non-hydrogen) atoms. The van der Waals surface area contributed by atoms with Gasteiger partial charge in [0.25, 0.3) is 5.91 Å². The summed E-state index contributed by atoms with van der Waals surface area (Å²) in [6, 6.07) is 3.43. The van der Waals surface area contributed by atoms with Gasteiger partial charge in [-0.25, -0.2) is 0 Å². The van der Waals surface area contributed by atoms with Gasteiger partial charge >= 0.3 is 0 Å². The fraction of sp³-hybridized carbons (Fsp3) is 0.529. The number of carbonyl (C=O) groups is 1. The van der Waals surface area contributed by atoms with Crippen LogP contribution < -0.4 is 5.32 Å². The number of amides is 1. The number of aromatic nitrogens is 2. The average molecular weight is 352 g/mol. The molecule has 2 aromatic rings. The summed E-state index contributed by atoms with van der Waals surface area (Å²) < 4.78 is 13.0. The zero-order valence-electron chi connectivity index (χ0n) is 14.1. The SMILES string of the molecule is Cc1nn(Cc2ccc(C(=O)N[C@H](C)[C@H]3CCCO3)o2)c(C)c1Cl. The Morgan fingerprint density at radius 1 is 1.50 bits per heavy atom. The maximum Gasteiger partial charge on any atom is 0.287 e. The van der Waals surface area contributed by atoms with Crippen LogP contribution in [0.5, 0.6) is 0 Å². The molecule has 1 N–H and O–H groups in total. The van der Waals surface area contributed by atoms with Crippen molar-refractivity contribution in [1.29, 1.82) is 0 Å². The molecule has 2 aromatic heterocycles. The van der Waals surface area contributed by atoms with E-state index in [0.717, 1.165) is 30.8 Å². The number of ether oxygens (including phenoxy) is 1. The number of rotatable bonds is 5. The number of hydrogen-bond acceptors (Lipinski definition) is 4. The quantitative estimate of drug-likeness (QED) is 0.898. The molecule has 0 spiro atoms. The van der Waals surface area contributed by atoms with E-state index < -0.39 is 0 Å². The van der Waals surface area contributed by atoms with Crippen LogP contribution in [-0.2, 0) is 11.3 Å². The number of carbonyl (C=O) groups excluding carboxylic acids is 1. The van der Waals surface area contributed by atoms with Crippen LogP contribution in [0.4, 0.5) is 0 Å². The zero-order chi connectivity index (χ0) is 17.3. The lowest BCUT2D eigenvalue weighted by molar-refractivity contribution is 0.0695. The van der Waals surface area contributed by atoms with E-state index in [2.05, 4.69) is 10.4 Å². The van der Waals surface area contributed by atoms with Crippen LogP contribution in [0.15, 0.2) is 16.5 Å². The van der Waals surface area contributed by atoms with Gasteiger partial charge in [-0.1, -0.05) is 11.6 Å². The number of hydrogen-bond donors (Lipinski definition) is 1. The van der Waals surface area contributed by atoms with Crippen LogP contribution >= 0.6 is 11.6 Å². The third-order valence-corrected chi connectivity index (χ3v) is 4.91. The normalized spacial score (nSPS) is 18.8. The van der Waals surface area contributed by atoms with E-state index in [9.17, 15) is 4.79 Å². The molecule has 7 heteroatoms. The molecular formula is C17H22ClN3O3. The Morgan fingerprint density at radius 3 is 2.92 bits per heavy atom. The predicted molar refractivity (Wildman–Crippen MR) is 90.4 cm³/mol. The van der Waals surface area contributed by atoms with Gasteiger partial charge < -0.3 is 14.5 Å². The molecule has 0 aliphatic carbocycles. The van der Waals surface area contributed by atoms with E-state index in [4.69, 9.17) is 20.8 Å². The minimum Gasteiger partial charge on any atom is -0.454 e. The van der Waals surface area contributed by atoms with Crippen LogP contribution in [0.1, 0.15) is 47.5 Å². The fourth-order valence-corrected chi connectivity index (χ4v) is 3.06. The minimum atomic E-state index is -0.226. The van der Waals surface area contributed by atoms with Crippen molar-refractivity contribution in [3.63, 3.8) is 0 Å². The summed E-state index contributed by atoms with van der Waals surface area (Å²) in [7, 11) is 0. The number of halogens is 1. The third-order valence-electron chi connectivity index (χ3n) is 4.37. The van der Waals surface area contributed by atoms with Gasteiger partial charge in [0, 0.05) is 6.61 Å². The van der Waals surface area contributed by atoms with Gasteiger partial charge in [-0.15, -0.1) is 0 Å². The van der Waals surface area contributed by atoms with Gasteiger partial charge in [-0.3, -0.25) is 9.48 Å². The molecule has 1 aliphatic heterocycles. The minimum absolute atomic E-state index is 0.0385. The lowest BCUT2D eigenvalue weighted by atomic mass is 10.1. The molecule has 1 saturated heterocycles. The van der Waals surface area contributed by atoms with Crippen LogP contribution in [-0.4, -0.2) is 34.4 Å². The third kappa shape index (κ3) is 3.49. The molecule has 3 rings (SSSR count). The topological polar surface area (TPSA) is 69.3 Å². The van der Waals surface area contributed by atoms with Crippen molar-refractivity contribution in [3.05, 3.63) is 40.1 Å². The average Bonchev–Trinajstić information content (AvgIpc) is 3.27. The molecule has 2 atom stereocenters. The Hall–Kier alpha value is -1.79. The van der Waals surface area contributed by atoms with Gasteiger partial charge in [0.05, 0.1) is 35.1 Å². The molecule has 130 valence electrons. The van der Waals surface area contributed by atoms with Crippen LogP contribution in [0.3, 0.4) is 0 Å². The highest BCUT2D eigenvalue weighted by molar-refractivity contribution is 6.31. The van der Waals surface area contributed by atoms with Crippen molar-refractivity contribution in [2.24, 2.45) is 0 Å². The largest absolute Gasteiger partial charge is 0.454 e. The zero-order valence-corrected chi connectivity index (χ0v) is 14.9. The second kappa shape index (κ2) is 6.99. The molecule has 1 fully saturated rings. The van der Waals surface area contributed by atoms with Crippen LogP contribution in [0, 0.1) is 13.8 Å². The second-order valence-electron chi connectivity index (χ2n) is 6.22. The van der Waals surface area contributed by atoms with E-state index in [-0.39, 0.29) is 18.1 Å². The summed E-state index contributed by atoms with van der Waals surface area (Å²) in [5.74, 6) is 0.727. The predicted octanol–water partition coefficient (Wildman–Crippen LogP) is 3.09. The van der Waals surface area contributed by atoms with Crippen molar-refractivity contribution in [1.82, 2.24) is 15.1 Å². The van der Waals surface area contributed by atoms with Gasteiger partial charge in [0.2, 0.25) is 0 Å². The van der Waals surface area contributed by atoms with Crippen molar-refractivity contribution >= 4 is 17.5 Å². The molecule has 0 saturated carbocycles. The summed E-state index contributed by atoms with van der Waals surface area (Å²) in [6.45, 7) is 6.92. The number of nitrogens with one attached hydrogen (secondary N) is 1. The Balaban J connectivity index is 1.64. The summed E-state index contributed by atoms with van der Waals surface area (Å²) >= 11 is 6.15. The first-order valence-electron chi connectivity index (χ1n) is 8.16. The molecule has 1 aliphatic rings. The summed E-state index contributed by atoms with van der Waals surface area (Å²) in [5, 5.41) is 7.96. The lowest BCUT2D eigenvalue weighted by Gasteiger charge is -2.19. The van der Waals surface area contributed by atoms with Gasteiger partial charge in [-0.05, 0) is 45.7 Å². The number of furan rings is 1. The Labute approximate surface area is 146 Å². The van der Waals surface area contributed by atoms with Gasteiger partial charge in [-0.2, -0.15) is 5.10 Å². The highest BCUT2D eigenvalue weighted by Gasteiger charge is 2.25. The van der Waals surface area contributed by atoms with Crippen molar-refractivity contribution in [2.75, 3.05) is 6.61 Å². The Bertz CT molecular complexity index is 732. The summed E-state index contributed by atoms with van der Waals surface area (Å²) in [4.78, 5) is 12.3. The van der Waals surface area contributed by atoms with Crippen molar-refractivity contribution in [2.45, 2.75) is 52.3 Å².